The molecule has 4 amide bonds. The number of nitrogens with one attached hydrogen (secondary N) is 2. The summed E-state index contributed by atoms with van der Waals surface area (Å²) in [5.74, 6) is -0.892. The Bertz CT molecular complexity index is 872. The number of hydrogen-bond donors (Lipinski definition) is 2. The van der Waals surface area contributed by atoms with Gasteiger partial charge in [0, 0.05) is 17.1 Å². The third-order valence-electron chi connectivity index (χ3n) is 4.57. The zero-order valence-corrected chi connectivity index (χ0v) is 15.6. The molecule has 2 aromatic rings. The van der Waals surface area contributed by atoms with E-state index in [1.807, 2.05) is 30.3 Å². The Morgan fingerprint density at radius 2 is 1.78 bits per heavy atom. The molecular weight excluding hydrogens is 366 g/mol. The molecule has 27 heavy (non-hydrogen) atoms. The largest absolute Gasteiger partial charge is 0.354 e. The average molecular weight is 386 g/mol. The van der Waals surface area contributed by atoms with Crippen LogP contribution in [0.25, 0.3) is 0 Å². The first-order valence-electron chi connectivity index (χ1n) is 8.61. The minimum absolute atomic E-state index is 0.334. The lowest BCUT2D eigenvalue weighted by atomic mass is 9.92. The van der Waals surface area contributed by atoms with Crippen molar-refractivity contribution in [1.29, 1.82) is 0 Å². The first kappa shape index (κ1) is 18.9. The van der Waals surface area contributed by atoms with E-state index >= 15 is 0 Å². The summed E-state index contributed by atoms with van der Waals surface area (Å²) in [7, 11) is 0. The summed E-state index contributed by atoms with van der Waals surface area (Å²) in [5.41, 5.74) is 0.302. The Kier molecular flexibility index (Phi) is 5.46. The molecule has 0 aliphatic carbocycles. The zero-order chi connectivity index (χ0) is 19.4. The van der Waals surface area contributed by atoms with Crippen LogP contribution in [0.2, 0.25) is 5.02 Å². The summed E-state index contributed by atoms with van der Waals surface area (Å²) in [6.45, 7) is 1.68. The van der Waals surface area contributed by atoms with Crippen LogP contribution in [0, 0.1) is 0 Å². The molecule has 2 aromatic carbocycles. The summed E-state index contributed by atoms with van der Waals surface area (Å²) in [5, 5.41) is 5.76. The second-order valence-electron chi connectivity index (χ2n) is 6.51. The Balaban J connectivity index is 1.62. The highest BCUT2D eigenvalue weighted by atomic mass is 35.5. The lowest BCUT2D eigenvalue weighted by Gasteiger charge is -2.23. The van der Waals surface area contributed by atoms with Gasteiger partial charge in [0.2, 0.25) is 5.91 Å². The zero-order valence-electron chi connectivity index (χ0n) is 14.9. The smallest absolute Gasteiger partial charge is 0.325 e. The summed E-state index contributed by atoms with van der Waals surface area (Å²) >= 11 is 6.19. The predicted molar refractivity (Wildman–Crippen MR) is 102 cm³/mol. The fourth-order valence-electron chi connectivity index (χ4n) is 3.08. The van der Waals surface area contributed by atoms with E-state index in [1.54, 1.807) is 31.2 Å². The molecule has 1 fully saturated rings. The molecule has 6 nitrogen and oxygen atoms in total. The number of carbonyl (C=O) groups is 3. The second-order valence-corrected chi connectivity index (χ2v) is 6.92. The number of hydrogen-bond acceptors (Lipinski definition) is 3. The van der Waals surface area contributed by atoms with Gasteiger partial charge in [0.1, 0.15) is 12.1 Å². The SMILES string of the molecule is CC1(c2ccccc2Cl)NC(=O)N(CC(=O)NCCc2ccccc2)C1=O. The van der Waals surface area contributed by atoms with Gasteiger partial charge in [-0.1, -0.05) is 60.1 Å². The van der Waals surface area contributed by atoms with Gasteiger partial charge in [0.25, 0.3) is 5.91 Å². The molecule has 0 radical (unpaired) electrons. The van der Waals surface area contributed by atoms with E-state index in [1.165, 1.54) is 0 Å². The molecule has 1 heterocycles. The molecule has 1 aliphatic heterocycles. The van der Waals surface area contributed by atoms with Crippen molar-refractivity contribution in [2.24, 2.45) is 0 Å². The normalized spacial score (nSPS) is 19.1. The van der Waals surface area contributed by atoms with Gasteiger partial charge in [0.15, 0.2) is 0 Å². The molecule has 0 aromatic heterocycles. The fraction of sp³-hybridized carbons (Fsp3) is 0.250. The van der Waals surface area contributed by atoms with Crippen LogP contribution in [-0.2, 0) is 21.5 Å². The number of benzene rings is 2. The first-order chi connectivity index (χ1) is 12.9. The monoisotopic (exact) mass is 385 g/mol. The van der Waals surface area contributed by atoms with E-state index in [-0.39, 0.29) is 6.54 Å². The number of urea groups is 1. The lowest BCUT2D eigenvalue weighted by Crippen LogP contribution is -2.43. The van der Waals surface area contributed by atoms with Gasteiger partial charge in [-0.05, 0) is 25.0 Å². The molecular formula is C20H20ClN3O3. The maximum atomic E-state index is 12.8. The van der Waals surface area contributed by atoms with Gasteiger partial charge in [-0.3, -0.25) is 14.5 Å². The van der Waals surface area contributed by atoms with E-state index < -0.39 is 23.4 Å². The van der Waals surface area contributed by atoms with Crippen molar-refractivity contribution in [1.82, 2.24) is 15.5 Å². The minimum atomic E-state index is -1.29. The van der Waals surface area contributed by atoms with E-state index in [2.05, 4.69) is 10.6 Å². The lowest BCUT2D eigenvalue weighted by molar-refractivity contribution is -0.134. The van der Waals surface area contributed by atoms with Gasteiger partial charge in [-0.25, -0.2) is 4.79 Å². The topological polar surface area (TPSA) is 78.5 Å². The highest BCUT2D eigenvalue weighted by Gasteiger charge is 2.50. The molecule has 1 aliphatic rings. The predicted octanol–water partition coefficient (Wildman–Crippen LogP) is 2.47. The number of nitrogens with zero attached hydrogens (tertiary/aromatic N) is 1. The summed E-state index contributed by atoms with van der Waals surface area (Å²) in [6, 6.07) is 15.9. The van der Waals surface area contributed by atoms with Crippen molar-refractivity contribution in [2.45, 2.75) is 18.9 Å². The molecule has 2 N–H and O–H groups in total. The van der Waals surface area contributed by atoms with Crippen LogP contribution in [0.15, 0.2) is 54.6 Å². The number of halogens is 1. The average Bonchev–Trinajstić information content (AvgIpc) is 2.87. The highest BCUT2D eigenvalue weighted by molar-refractivity contribution is 6.32. The number of rotatable bonds is 6. The van der Waals surface area contributed by atoms with Crippen molar-refractivity contribution in [3.05, 3.63) is 70.7 Å². The quantitative estimate of drug-likeness (QED) is 0.750. The third-order valence-corrected chi connectivity index (χ3v) is 4.90. The Hall–Kier alpha value is -2.86. The van der Waals surface area contributed by atoms with Crippen molar-refractivity contribution in [3.63, 3.8) is 0 Å². The second kappa shape index (κ2) is 7.80. The van der Waals surface area contributed by atoms with Crippen LogP contribution in [0.3, 0.4) is 0 Å². The van der Waals surface area contributed by atoms with Crippen molar-refractivity contribution < 1.29 is 14.4 Å². The Morgan fingerprint density at radius 1 is 1.11 bits per heavy atom. The molecule has 1 atom stereocenters. The Morgan fingerprint density at radius 3 is 2.48 bits per heavy atom. The van der Waals surface area contributed by atoms with E-state index in [0.29, 0.717) is 23.6 Å². The van der Waals surface area contributed by atoms with E-state index in [9.17, 15) is 14.4 Å². The highest BCUT2D eigenvalue weighted by Crippen LogP contribution is 2.33. The maximum absolute atomic E-state index is 12.8. The maximum Gasteiger partial charge on any atom is 0.325 e. The Labute approximate surface area is 162 Å². The van der Waals surface area contributed by atoms with Crippen molar-refractivity contribution >= 4 is 29.4 Å². The standard InChI is InChI=1S/C20H20ClN3O3/c1-20(15-9-5-6-10-16(15)21)18(26)24(19(27)23-20)13-17(25)22-12-11-14-7-3-2-4-8-14/h2-10H,11-13H2,1H3,(H,22,25)(H,23,27). The first-order valence-corrected chi connectivity index (χ1v) is 8.99. The molecule has 1 saturated heterocycles. The molecule has 1 unspecified atom stereocenters. The minimum Gasteiger partial charge on any atom is -0.354 e. The molecule has 140 valence electrons. The van der Waals surface area contributed by atoms with Crippen molar-refractivity contribution in [2.75, 3.05) is 13.1 Å². The molecule has 7 heteroatoms. The van der Waals surface area contributed by atoms with Gasteiger partial charge in [-0.15, -0.1) is 0 Å². The van der Waals surface area contributed by atoms with Crippen LogP contribution in [0.5, 0.6) is 0 Å². The van der Waals surface area contributed by atoms with Gasteiger partial charge in [-0.2, -0.15) is 0 Å². The van der Waals surface area contributed by atoms with Crippen LogP contribution < -0.4 is 10.6 Å². The van der Waals surface area contributed by atoms with Gasteiger partial charge < -0.3 is 10.6 Å². The number of amides is 4. The third kappa shape index (κ3) is 3.95. The number of carbonyl (C=O) groups excluding carboxylic acids is 3. The van der Waals surface area contributed by atoms with Crippen LogP contribution in [-0.4, -0.2) is 35.8 Å². The summed E-state index contributed by atoms with van der Waals surface area (Å²) < 4.78 is 0. The number of imide groups is 1. The van der Waals surface area contributed by atoms with Crippen LogP contribution in [0.1, 0.15) is 18.1 Å². The van der Waals surface area contributed by atoms with Crippen molar-refractivity contribution in [3.8, 4) is 0 Å². The van der Waals surface area contributed by atoms with Gasteiger partial charge in [0.05, 0.1) is 0 Å². The molecule has 0 bridgehead atoms. The molecule has 3 rings (SSSR count). The molecule has 0 spiro atoms. The summed E-state index contributed by atoms with van der Waals surface area (Å²) in [6.07, 6.45) is 0.671. The van der Waals surface area contributed by atoms with Crippen LogP contribution in [0.4, 0.5) is 4.79 Å². The van der Waals surface area contributed by atoms with Gasteiger partial charge >= 0.3 is 6.03 Å². The van der Waals surface area contributed by atoms with Crippen LogP contribution >= 0.6 is 11.6 Å². The van der Waals surface area contributed by atoms with E-state index in [4.69, 9.17) is 11.6 Å². The fourth-order valence-corrected chi connectivity index (χ4v) is 3.40. The molecule has 0 saturated carbocycles. The van der Waals surface area contributed by atoms with E-state index in [0.717, 1.165) is 10.5 Å². The summed E-state index contributed by atoms with van der Waals surface area (Å²) in [4.78, 5) is 38.2.